The van der Waals surface area contributed by atoms with E-state index < -0.39 is 11.6 Å². The zero-order valence-electron chi connectivity index (χ0n) is 11.6. The summed E-state index contributed by atoms with van der Waals surface area (Å²) in [7, 11) is 0. The molecule has 0 bridgehead atoms. The van der Waals surface area contributed by atoms with E-state index in [9.17, 15) is 8.78 Å². The van der Waals surface area contributed by atoms with Crippen LogP contribution in [0.4, 0.5) is 8.78 Å². The van der Waals surface area contributed by atoms with Crippen molar-refractivity contribution in [1.82, 2.24) is 5.32 Å². The minimum absolute atomic E-state index is 0.319. The summed E-state index contributed by atoms with van der Waals surface area (Å²) in [5.41, 5.74) is 0.597. The Morgan fingerprint density at radius 3 is 2.33 bits per heavy atom. The maximum absolute atomic E-state index is 13.7. The van der Waals surface area contributed by atoms with E-state index in [1.165, 1.54) is 6.07 Å². The Kier molecular flexibility index (Phi) is 5.73. The molecule has 3 heteroatoms. The van der Waals surface area contributed by atoms with E-state index >= 15 is 0 Å². The van der Waals surface area contributed by atoms with Crippen molar-refractivity contribution < 1.29 is 8.78 Å². The minimum Gasteiger partial charge on any atom is -0.314 e. The predicted molar refractivity (Wildman–Crippen MR) is 71.5 cm³/mol. The highest BCUT2D eigenvalue weighted by molar-refractivity contribution is 5.19. The molecule has 1 aromatic carbocycles. The lowest BCUT2D eigenvalue weighted by molar-refractivity contribution is 0.289. The van der Waals surface area contributed by atoms with Crippen LogP contribution in [0.15, 0.2) is 18.2 Å². The second-order valence-electron chi connectivity index (χ2n) is 5.19. The SMILES string of the molecule is CCNC(C)C(Cc1ccc(F)cc1F)C(C)C. The molecule has 1 N–H and O–H groups in total. The molecule has 0 aromatic heterocycles. The van der Waals surface area contributed by atoms with Crippen molar-refractivity contribution in [2.75, 3.05) is 6.54 Å². The molecule has 2 unspecified atom stereocenters. The lowest BCUT2D eigenvalue weighted by Crippen LogP contribution is -2.37. The fourth-order valence-electron chi connectivity index (χ4n) is 2.40. The topological polar surface area (TPSA) is 12.0 Å². The molecule has 0 saturated heterocycles. The molecule has 1 nitrogen and oxygen atoms in total. The summed E-state index contributed by atoms with van der Waals surface area (Å²) >= 11 is 0. The normalized spacial score (nSPS) is 14.8. The number of halogens is 2. The van der Waals surface area contributed by atoms with Gasteiger partial charge in [-0.15, -0.1) is 0 Å². The number of hydrogen-bond acceptors (Lipinski definition) is 1. The van der Waals surface area contributed by atoms with Gasteiger partial charge in [0.1, 0.15) is 11.6 Å². The van der Waals surface area contributed by atoms with Crippen LogP contribution in [-0.4, -0.2) is 12.6 Å². The first-order valence-corrected chi connectivity index (χ1v) is 6.63. The van der Waals surface area contributed by atoms with Crippen LogP contribution in [-0.2, 0) is 6.42 Å². The number of hydrogen-bond donors (Lipinski definition) is 1. The zero-order chi connectivity index (χ0) is 13.7. The highest BCUT2D eigenvalue weighted by atomic mass is 19.1. The van der Waals surface area contributed by atoms with Crippen LogP contribution in [0.5, 0.6) is 0 Å². The molecule has 102 valence electrons. The van der Waals surface area contributed by atoms with Crippen molar-refractivity contribution in [3.63, 3.8) is 0 Å². The van der Waals surface area contributed by atoms with Crippen LogP contribution >= 0.6 is 0 Å². The van der Waals surface area contributed by atoms with Crippen LogP contribution in [0.2, 0.25) is 0 Å². The van der Waals surface area contributed by atoms with Crippen molar-refractivity contribution in [3.05, 3.63) is 35.4 Å². The van der Waals surface area contributed by atoms with Gasteiger partial charge in [-0.2, -0.15) is 0 Å². The van der Waals surface area contributed by atoms with Gasteiger partial charge < -0.3 is 5.32 Å². The quantitative estimate of drug-likeness (QED) is 0.815. The highest BCUT2D eigenvalue weighted by Gasteiger charge is 2.21. The summed E-state index contributed by atoms with van der Waals surface area (Å²) in [4.78, 5) is 0. The second-order valence-corrected chi connectivity index (χ2v) is 5.19. The van der Waals surface area contributed by atoms with Gasteiger partial charge in [0.2, 0.25) is 0 Å². The molecular formula is C15H23F2N. The molecule has 0 amide bonds. The number of benzene rings is 1. The third kappa shape index (κ3) is 4.05. The smallest absolute Gasteiger partial charge is 0.129 e. The molecule has 18 heavy (non-hydrogen) atoms. The fourth-order valence-corrected chi connectivity index (χ4v) is 2.40. The molecule has 0 spiro atoms. The summed E-state index contributed by atoms with van der Waals surface area (Å²) in [5, 5.41) is 3.38. The predicted octanol–water partition coefficient (Wildman–Crippen LogP) is 3.78. The Morgan fingerprint density at radius 2 is 1.83 bits per heavy atom. The van der Waals surface area contributed by atoms with E-state index in [0.717, 1.165) is 12.6 Å². The molecule has 0 aliphatic carbocycles. The largest absolute Gasteiger partial charge is 0.314 e. The van der Waals surface area contributed by atoms with Crippen molar-refractivity contribution in [2.24, 2.45) is 11.8 Å². The van der Waals surface area contributed by atoms with Crippen LogP contribution in [0.3, 0.4) is 0 Å². The Labute approximate surface area is 109 Å². The average molecular weight is 255 g/mol. The molecule has 0 saturated carbocycles. The molecule has 1 aromatic rings. The van der Waals surface area contributed by atoms with E-state index in [1.54, 1.807) is 6.07 Å². The van der Waals surface area contributed by atoms with Gasteiger partial charge in [-0.3, -0.25) is 0 Å². The average Bonchev–Trinajstić information content (AvgIpc) is 2.27. The highest BCUT2D eigenvalue weighted by Crippen LogP contribution is 2.23. The zero-order valence-corrected chi connectivity index (χ0v) is 11.6. The first-order valence-electron chi connectivity index (χ1n) is 6.63. The van der Waals surface area contributed by atoms with Crippen molar-refractivity contribution in [3.8, 4) is 0 Å². The first kappa shape index (κ1) is 15.1. The molecule has 1 rings (SSSR count). The van der Waals surface area contributed by atoms with E-state index in [1.807, 2.05) is 0 Å². The van der Waals surface area contributed by atoms with E-state index in [0.29, 0.717) is 29.9 Å². The third-order valence-electron chi connectivity index (χ3n) is 3.50. The van der Waals surface area contributed by atoms with Crippen LogP contribution in [0.25, 0.3) is 0 Å². The summed E-state index contributed by atoms with van der Waals surface area (Å²) in [6, 6.07) is 4.16. The van der Waals surface area contributed by atoms with E-state index in [4.69, 9.17) is 0 Å². The molecule has 0 heterocycles. The van der Waals surface area contributed by atoms with E-state index in [-0.39, 0.29) is 0 Å². The van der Waals surface area contributed by atoms with E-state index in [2.05, 4.69) is 33.0 Å². The first-order chi connectivity index (χ1) is 8.45. The van der Waals surface area contributed by atoms with Gasteiger partial charge in [0.15, 0.2) is 0 Å². The standard InChI is InChI=1S/C15H23F2N/c1-5-18-11(4)14(10(2)3)8-12-6-7-13(16)9-15(12)17/h6-7,9-11,14,18H,5,8H2,1-4H3. The number of rotatable bonds is 6. The minimum atomic E-state index is -0.517. The molecule has 2 atom stereocenters. The van der Waals surface area contributed by atoms with Crippen molar-refractivity contribution >= 4 is 0 Å². The molecule has 0 radical (unpaired) electrons. The van der Waals surface area contributed by atoms with Crippen molar-refractivity contribution in [1.29, 1.82) is 0 Å². The van der Waals surface area contributed by atoms with Crippen LogP contribution in [0.1, 0.15) is 33.3 Å². The summed E-state index contributed by atoms with van der Waals surface area (Å²) in [5.74, 6) is -0.171. The third-order valence-corrected chi connectivity index (χ3v) is 3.50. The van der Waals surface area contributed by atoms with Crippen LogP contribution < -0.4 is 5.32 Å². The Balaban J connectivity index is 2.83. The molecule has 0 aliphatic heterocycles. The van der Waals surface area contributed by atoms with Gasteiger partial charge >= 0.3 is 0 Å². The van der Waals surface area contributed by atoms with Gasteiger partial charge in [-0.1, -0.05) is 26.8 Å². The van der Waals surface area contributed by atoms with Gasteiger partial charge in [0, 0.05) is 12.1 Å². The second kappa shape index (κ2) is 6.83. The van der Waals surface area contributed by atoms with Crippen molar-refractivity contribution in [2.45, 2.75) is 40.2 Å². The molecular weight excluding hydrogens is 232 g/mol. The van der Waals surface area contributed by atoms with Gasteiger partial charge in [0.25, 0.3) is 0 Å². The van der Waals surface area contributed by atoms with Gasteiger partial charge in [-0.05, 0) is 43.4 Å². The lowest BCUT2D eigenvalue weighted by atomic mass is 9.84. The number of nitrogens with one attached hydrogen (secondary N) is 1. The summed E-state index contributed by atoms with van der Waals surface area (Å²) < 4.78 is 26.5. The maximum atomic E-state index is 13.7. The van der Waals surface area contributed by atoms with Gasteiger partial charge in [-0.25, -0.2) is 8.78 Å². The summed E-state index contributed by atoms with van der Waals surface area (Å²) in [6.45, 7) is 9.36. The Bertz CT molecular complexity index is 377. The molecule has 0 fully saturated rings. The maximum Gasteiger partial charge on any atom is 0.129 e. The lowest BCUT2D eigenvalue weighted by Gasteiger charge is -2.28. The van der Waals surface area contributed by atoms with Crippen LogP contribution in [0, 0.1) is 23.5 Å². The Morgan fingerprint density at radius 1 is 1.17 bits per heavy atom. The summed E-state index contributed by atoms with van der Waals surface area (Å²) in [6.07, 6.45) is 0.637. The Hall–Kier alpha value is -0.960. The van der Waals surface area contributed by atoms with Gasteiger partial charge in [0.05, 0.1) is 0 Å². The monoisotopic (exact) mass is 255 g/mol. The molecule has 0 aliphatic rings. The fraction of sp³-hybridized carbons (Fsp3) is 0.600.